The Morgan fingerprint density at radius 3 is 2.50 bits per heavy atom. The minimum atomic E-state index is -3.89. The minimum absolute atomic E-state index is 0.0809. The Balaban J connectivity index is 1.67. The Bertz CT molecular complexity index is 1330. The van der Waals surface area contributed by atoms with E-state index in [1.54, 1.807) is 26.0 Å². The number of carbonyl (C=O) groups excluding carboxylic acids is 2. The van der Waals surface area contributed by atoms with E-state index in [4.69, 9.17) is 4.74 Å². The topological polar surface area (TPSA) is 105 Å². The van der Waals surface area contributed by atoms with Gasteiger partial charge in [-0.1, -0.05) is 13.8 Å². The molecule has 168 valence electrons. The number of nitrogens with one attached hydrogen (secondary N) is 2. The number of aromatic amines is 1. The van der Waals surface area contributed by atoms with Crippen LogP contribution in [0.3, 0.4) is 0 Å². The SMILES string of the molecule is CCOC(=O)c1ccc(NS(=O)(=O)c2cc3[nH]c4c(c3cc2C)C(=O)CC(C)(C)C4)cc1. The van der Waals surface area contributed by atoms with E-state index in [2.05, 4.69) is 23.6 Å². The first kappa shape index (κ1) is 22.1. The summed E-state index contributed by atoms with van der Waals surface area (Å²) in [6.07, 6.45) is 1.20. The third kappa shape index (κ3) is 4.02. The van der Waals surface area contributed by atoms with Gasteiger partial charge in [-0.25, -0.2) is 13.2 Å². The highest BCUT2D eigenvalue weighted by molar-refractivity contribution is 7.92. The number of hydrogen-bond donors (Lipinski definition) is 2. The molecule has 8 heteroatoms. The van der Waals surface area contributed by atoms with E-state index >= 15 is 0 Å². The van der Waals surface area contributed by atoms with Crippen molar-refractivity contribution in [2.24, 2.45) is 5.41 Å². The maximum atomic E-state index is 13.1. The predicted octanol–water partition coefficient (Wildman–Crippen LogP) is 4.61. The van der Waals surface area contributed by atoms with Crippen LogP contribution in [-0.4, -0.2) is 31.8 Å². The second kappa shape index (κ2) is 7.78. The summed E-state index contributed by atoms with van der Waals surface area (Å²) in [7, 11) is -3.89. The summed E-state index contributed by atoms with van der Waals surface area (Å²) in [6, 6.07) is 9.41. The van der Waals surface area contributed by atoms with Gasteiger partial charge in [0.25, 0.3) is 10.0 Å². The molecule has 2 N–H and O–H groups in total. The maximum absolute atomic E-state index is 13.1. The van der Waals surface area contributed by atoms with Crippen LogP contribution < -0.4 is 4.72 Å². The second-order valence-corrected chi connectivity index (χ2v) is 10.6. The van der Waals surface area contributed by atoms with Crippen molar-refractivity contribution in [3.8, 4) is 0 Å². The molecule has 4 rings (SSSR count). The normalized spacial score (nSPS) is 15.4. The van der Waals surface area contributed by atoms with Crippen LogP contribution in [0.1, 0.15) is 59.2 Å². The van der Waals surface area contributed by atoms with Crippen molar-refractivity contribution in [1.82, 2.24) is 4.98 Å². The quantitative estimate of drug-likeness (QED) is 0.548. The number of ether oxygens (including phenoxy) is 1. The van der Waals surface area contributed by atoms with E-state index in [-0.39, 0.29) is 22.7 Å². The van der Waals surface area contributed by atoms with Crippen LogP contribution >= 0.6 is 0 Å². The maximum Gasteiger partial charge on any atom is 0.338 e. The Hall–Kier alpha value is -3.13. The molecule has 0 radical (unpaired) electrons. The highest BCUT2D eigenvalue weighted by Crippen LogP contribution is 2.39. The number of aromatic nitrogens is 1. The minimum Gasteiger partial charge on any atom is -0.462 e. The number of esters is 1. The van der Waals surface area contributed by atoms with Crippen molar-refractivity contribution in [3.05, 3.63) is 58.8 Å². The van der Waals surface area contributed by atoms with E-state index in [1.807, 2.05) is 0 Å². The zero-order valence-corrected chi connectivity index (χ0v) is 19.4. The lowest BCUT2D eigenvalue weighted by atomic mass is 9.76. The molecule has 1 aromatic heterocycles. The number of Topliss-reactive ketones (excluding diaryl/α,β-unsaturated/α-hetero) is 1. The summed E-state index contributed by atoms with van der Waals surface area (Å²) in [5, 5.41) is 0.760. The first-order chi connectivity index (χ1) is 15.0. The Kier molecular flexibility index (Phi) is 5.36. The van der Waals surface area contributed by atoms with Crippen LogP contribution in [0, 0.1) is 12.3 Å². The summed E-state index contributed by atoms with van der Waals surface area (Å²) in [6.45, 7) is 7.81. The average Bonchev–Trinajstić information content (AvgIpc) is 3.03. The van der Waals surface area contributed by atoms with Gasteiger partial charge in [-0.15, -0.1) is 0 Å². The van der Waals surface area contributed by atoms with Crippen molar-refractivity contribution in [3.63, 3.8) is 0 Å². The Labute approximate surface area is 187 Å². The number of carbonyl (C=O) groups is 2. The number of anilines is 1. The molecular formula is C24H26N2O5S. The summed E-state index contributed by atoms with van der Waals surface area (Å²) < 4.78 is 33.7. The molecule has 0 aliphatic heterocycles. The van der Waals surface area contributed by atoms with Gasteiger partial charge >= 0.3 is 5.97 Å². The van der Waals surface area contributed by atoms with Crippen LogP contribution in [0.4, 0.5) is 5.69 Å². The van der Waals surface area contributed by atoms with Gasteiger partial charge in [-0.05, 0) is 67.6 Å². The highest BCUT2D eigenvalue weighted by atomic mass is 32.2. The van der Waals surface area contributed by atoms with Gasteiger partial charge in [0.1, 0.15) is 0 Å². The van der Waals surface area contributed by atoms with Crippen LogP contribution in [0.25, 0.3) is 10.9 Å². The van der Waals surface area contributed by atoms with E-state index in [9.17, 15) is 18.0 Å². The van der Waals surface area contributed by atoms with E-state index in [1.165, 1.54) is 24.3 Å². The highest BCUT2D eigenvalue weighted by Gasteiger charge is 2.34. The molecule has 3 aromatic rings. The molecular weight excluding hydrogens is 428 g/mol. The summed E-state index contributed by atoms with van der Waals surface area (Å²) in [5.74, 6) is -0.381. The molecule has 0 atom stereocenters. The molecule has 1 aliphatic rings. The number of rotatable bonds is 5. The molecule has 0 fully saturated rings. The van der Waals surface area contributed by atoms with Crippen LogP contribution in [0.2, 0.25) is 0 Å². The van der Waals surface area contributed by atoms with E-state index < -0.39 is 16.0 Å². The first-order valence-electron chi connectivity index (χ1n) is 10.5. The van der Waals surface area contributed by atoms with Gasteiger partial charge in [0.2, 0.25) is 0 Å². The molecule has 32 heavy (non-hydrogen) atoms. The Morgan fingerprint density at radius 1 is 1.16 bits per heavy atom. The summed E-state index contributed by atoms with van der Waals surface area (Å²) in [4.78, 5) is 27.9. The number of aryl methyl sites for hydroxylation is 1. The van der Waals surface area contributed by atoms with Gasteiger partial charge in [0.15, 0.2) is 5.78 Å². The van der Waals surface area contributed by atoms with Gasteiger partial charge < -0.3 is 9.72 Å². The van der Waals surface area contributed by atoms with E-state index in [0.29, 0.717) is 34.3 Å². The average molecular weight is 455 g/mol. The lowest BCUT2D eigenvalue weighted by Crippen LogP contribution is -2.26. The summed E-state index contributed by atoms with van der Waals surface area (Å²) >= 11 is 0. The Morgan fingerprint density at radius 2 is 1.84 bits per heavy atom. The standard InChI is InChI=1S/C24H26N2O5S/c1-5-31-23(28)15-6-8-16(9-7-15)26-32(29,30)21-11-18-17(10-14(21)2)22-19(25-18)12-24(3,4)13-20(22)27/h6-11,25-26H,5,12-13H2,1-4H3. The zero-order chi connectivity index (χ0) is 23.3. The molecule has 1 heterocycles. The van der Waals surface area contributed by atoms with Crippen molar-refractivity contribution in [2.75, 3.05) is 11.3 Å². The molecule has 0 amide bonds. The predicted molar refractivity (Wildman–Crippen MR) is 123 cm³/mol. The molecule has 7 nitrogen and oxygen atoms in total. The number of fused-ring (bicyclic) bond motifs is 3. The fourth-order valence-electron chi connectivity index (χ4n) is 4.29. The molecule has 2 aromatic carbocycles. The van der Waals surface area contributed by atoms with Crippen molar-refractivity contribution in [1.29, 1.82) is 0 Å². The number of benzene rings is 2. The van der Waals surface area contributed by atoms with Gasteiger partial charge in [-0.3, -0.25) is 9.52 Å². The lowest BCUT2D eigenvalue weighted by Gasteiger charge is -2.28. The van der Waals surface area contributed by atoms with Gasteiger partial charge in [0.05, 0.1) is 17.1 Å². The monoisotopic (exact) mass is 454 g/mol. The number of sulfonamides is 1. The molecule has 0 saturated heterocycles. The molecule has 0 spiro atoms. The van der Waals surface area contributed by atoms with Crippen LogP contribution in [0.15, 0.2) is 41.3 Å². The fraction of sp³-hybridized carbons (Fsp3) is 0.333. The van der Waals surface area contributed by atoms with Crippen molar-refractivity contribution >= 4 is 38.4 Å². The van der Waals surface area contributed by atoms with Crippen molar-refractivity contribution in [2.45, 2.75) is 45.4 Å². The third-order valence-electron chi connectivity index (χ3n) is 5.68. The number of ketones is 1. The van der Waals surface area contributed by atoms with Gasteiger partial charge in [-0.2, -0.15) is 0 Å². The molecule has 0 bridgehead atoms. The molecule has 1 aliphatic carbocycles. The van der Waals surface area contributed by atoms with E-state index in [0.717, 1.165) is 17.5 Å². The third-order valence-corrected chi connectivity index (χ3v) is 7.21. The number of hydrogen-bond acceptors (Lipinski definition) is 5. The molecule has 0 unspecified atom stereocenters. The van der Waals surface area contributed by atoms with Crippen LogP contribution in [-0.2, 0) is 21.2 Å². The number of H-pyrrole nitrogens is 1. The lowest BCUT2D eigenvalue weighted by molar-refractivity contribution is 0.0526. The first-order valence-corrected chi connectivity index (χ1v) is 12.0. The summed E-state index contributed by atoms with van der Waals surface area (Å²) in [5.41, 5.74) is 3.26. The van der Waals surface area contributed by atoms with Gasteiger partial charge in [0, 0.05) is 34.3 Å². The van der Waals surface area contributed by atoms with Crippen molar-refractivity contribution < 1.29 is 22.7 Å². The van der Waals surface area contributed by atoms with Crippen LogP contribution in [0.5, 0.6) is 0 Å². The smallest absolute Gasteiger partial charge is 0.338 e. The fourth-order valence-corrected chi connectivity index (χ4v) is 5.60. The molecule has 0 saturated carbocycles. The zero-order valence-electron chi connectivity index (χ0n) is 18.5. The largest absolute Gasteiger partial charge is 0.462 e. The second-order valence-electron chi connectivity index (χ2n) is 8.99.